The number of aromatic nitrogens is 2. The van der Waals surface area contributed by atoms with Crippen LogP contribution in [0.5, 0.6) is 0 Å². The van der Waals surface area contributed by atoms with Crippen LogP contribution in [0, 0.1) is 30.8 Å². The Labute approximate surface area is 328 Å². The minimum Gasteiger partial charge on any atom is -0.340 e. The molecule has 0 amide bonds. The van der Waals surface area contributed by atoms with Crippen molar-refractivity contribution in [2.24, 2.45) is 0 Å². The molecule has 0 unspecified atom stereocenters. The van der Waals surface area contributed by atoms with Gasteiger partial charge < -0.3 is 9.13 Å². The molecule has 0 aliphatic carbocycles. The first-order valence-corrected chi connectivity index (χ1v) is 20.9. The molecule has 0 radical (unpaired) electrons. The lowest BCUT2D eigenvalue weighted by molar-refractivity contribution is 0.571. The number of fused-ring (bicyclic) bond motifs is 6. The molecule has 2 nitrogen and oxygen atoms in total. The maximum atomic E-state index is 3.20. The lowest BCUT2D eigenvalue weighted by Crippen LogP contribution is -1.98. The number of nitrogens with zero attached hydrogens (tertiary/aromatic N) is 2. The zero-order valence-electron chi connectivity index (χ0n) is 30.5. The summed E-state index contributed by atoms with van der Waals surface area (Å²) in [5.74, 6) is 12.4. The lowest BCUT2D eigenvalue weighted by Gasteiger charge is -2.08. The fourth-order valence-electron chi connectivity index (χ4n) is 7.18. The Hall–Kier alpha value is -2.94. The van der Waals surface area contributed by atoms with Gasteiger partial charge in [0.25, 0.3) is 0 Å². The molecule has 4 aromatic carbocycles. The van der Waals surface area contributed by atoms with Crippen LogP contribution >= 0.6 is 45.2 Å². The zero-order valence-corrected chi connectivity index (χ0v) is 34.8. The lowest BCUT2D eigenvalue weighted by atomic mass is 10.1. The van der Waals surface area contributed by atoms with E-state index in [1.54, 1.807) is 0 Å². The van der Waals surface area contributed by atoms with Crippen LogP contribution in [-0.4, -0.2) is 9.13 Å². The van der Waals surface area contributed by atoms with Crippen LogP contribution in [0.25, 0.3) is 43.6 Å². The van der Waals surface area contributed by atoms with Crippen molar-refractivity contribution < 1.29 is 0 Å². The van der Waals surface area contributed by atoms with Gasteiger partial charge in [0, 0.05) is 75.0 Å². The smallest absolute Gasteiger partial charge is 0.0492 e. The quantitative estimate of drug-likeness (QED) is 0.0586. The van der Waals surface area contributed by atoms with Gasteiger partial charge in [-0.25, -0.2) is 0 Å². The van der Waals surface area contributed by atoms with Gasteiger partial charge in [-0.2, -0.15) is 0 Å². The minimum absolute atomic E-state index is 1.07. The van der Waals surface area contributed by atoms with Gasteiger partial charge >= 0.3 is 0 Å². The van der Waals surface area contributed by atoms with E-state index in [0.29, 0.717) is 0 Å². The molecule has 0 saturated carbocycles. The Kier molecular flexibility index (Phi) is 15.0. The highest BCUT2D eigenvalue weighted by atomic mass is 127. The second-order valence-electron chi connectivity index (χ2n) is 13.4. The molecule has 50 heavy (non-hydrogen) atoms. The summed E-state index contributed by atoms with van der Waals surface area (Å²) in [6.07, 6.45) is 16.0. The van der Waals surface area contributed by atoms with Gasteiger partial charge in [0.15, 0.2) is 0 Å². The van der Waals surface area contributed by atoms with Crippen LogP contribution < -0.4 is 0 Å². The SMILES string of the molecule is CC#Cc1ccc2c(c1)c1cc(C#CC)ccc1n2CCCCCCCC.CCCCCCCCn1c2ccc(I)cc2c2cc(I)ccc21. The van der Waals surface area contributed by atoms with E-state index in [4.69, 9.17) is 0 Å². The Morgan fingerprint density at radius 1 is 0.440 bits per heavy atom. The molecule has 2 heterocycles. The maximum absolute atomic E-state index is 3.20. The van der Waals surface area contributed by atoms with Crippen molar-refractivity contribution in [3.05, 3.63) is 91.1 Å². The van der Waals surface area contributed by atoms with Crippen molar-refractivity contribution in [1.29, 1.82) is 0 Å². The third kappa shape index (κ3) is 9.68. The summed E-state index contributed by atoms with van der Waals surface area (Å²) in [6.45, 7) is 10.5. The predicted octanol–water partition coefficient (Wildman–Crippen LogP) is 14.3. The summed E-state index contributed by atoms with van der Waals surface area (Å²) in [5, 5.41) is 5.37. The summed E-state index contributed by atoms with van der Waals surface area (Å²) in [6, 6.07) is 26.9. The van der Waals surface area contributed by atoms with Gasteiger partial charge in [-0.15, -0.1) is 11.8 Å². The van der Waals surface area contributed by atoms with Crippen LogP contribution in [0.1, 0.15) is 116 Å². The summed E-state index contributed by atoms with van der Waals surface area (Å²) in [5.41, 5.74) is 7.54. The predicted molar refractivity (Wildman–Crippen MR) is 236 cm³/mol. The second-order valence-corrected chi connectivity index (χ2v) is 15.9. The van der Waals surface area contributed by atoms with E-state index in [2.05, 4.69) is 165 Å². The summed E-state index contributed by atoms with van der Waals surface area (Å²) >= 11 is 4.83. The minimum atomic E-state index is 1.07. The van der Waals surface area contributed by atoms with E-state index in [9.17, 15) is 0 Å². The third-order valence-electron chi connectivity index (χ3n) is 9.66. The molecule has 6 rings (SSSR count). The molecule has 0 fully saturated rings. The number of halogens is 2. The number of hydrogen-bond acceptors (Lipinski definition) is 0. The molecule has 6 aromatic rings. The second kappa shape index (κ2) is 19.6. The van der Waals surface area contributed by atoms with Gasteiger partial charge in [-0.3, -0.25) is 0 Å². The molecule has 0 N–H and O–H groups in total. The van der Waals surface area contributed by atoms with E-state index in [0.717, 1.165) is 24.2 Å². The maximum Gasteiger partial charge on any atom is 0.0492 e. The van der Waals surface area contributed by atoms with Crippen LogP contribution in [0.4, 0.5) is 0 Å². The first-order valence-electron chi connectivity index (χ1n) is 18.8. The standard InChI is InChI=1S/C26H29N.C20H23I2N/c1-4-7-8-9-10-11-18-27-25-16-14-21(12-5-2)19-23(25)24-20-22(13-6-3)15-17-26(24)27;1-2-3-4-5-6-7-12-23-19-10-8-15(21)13-17(19)18-14-16(22)9-11-20(18)23/h14-17,19-20H,4,7-11,18H2,1-3H3;8-11,13-14H,2-7,12H2,1H3. The van der Waals surface area contributed by atoms with E-state index in [1.165, 1.54) is 128 Å². The fourth-order valence-corrected chi connectivity index (χ4v) is 8.16. The molecular weight excluding hydrogens is 834 g/mol. The van der Waals surface area contributed by atoms with E-state index in [1.807, 2.05) is 13.8 Å². The molecule has 0 aliphatic heterocycles. The van der Waals surface area contributed by atoms with Crippen LogP contribution in [0.2, 0.25) is 0 Å². The van der Waals surface area contributed by atoms with Crippen molar-refractivity contribution in [2.75, 3.05) is 0 Å². The summed E-state index contributed by atoms with van der Waals surface area (Å²) in [4.78, 5) is 0. The number of hydrogen-bond donors (Lipinski definition) is 0. The van der Waals surface area contributed by atoms with Crippen LogP contribution in [-0.2, 0) is 13.1 Å². The summed E-state index contributed by atoms with van der Waals surface area (Å²) < 4.78 is 7.63. The highest BCUT2D eigenvalue weighted by Crippen LogP contribution is 2.33. The average molecular weight is 887 g/mol. The molecule has 4 heteroatoms. The molecule has 0 atom stereocenters. The van der Waals surface area contributed by atoms with Crippen LogP contribution in [0.15, 0.2) is 72.8 Å². The monoisotopic (exact) mass is 886 g/mol. The molecule has 0 spiro atoms. The molecule has 0 bridgehead atoms. The van der Waals surface area contributed by atoms with Crippen molar-refractivity contribution >= 4 is 88.8 Å². The number of aryl methyl sites for hydroxylation is 2. The van der Waals surface area contributed by atoms with E-state index in [-0.39, 0.29) is 0 Å². The van der Waals surface area contributed by atoms with Gasteiger partial charge in [0.05, 0.1) is 0 Å². The summed E-state index contributed by atoms with van der Waals surface area (Å²) in [7, 11) is 0. The average Bonchev–Trinajstić information content (AvgIpc) is 3.59. The number of rotatable bonds is 14. The van der Waals surface area contributed by atoms with Gasteiger partial charge in [-0.1, -0.05) is 89.9 Å². The highest BCUT2D eigenvalue weighted by Gasteiger charge is 2.13. The van der Waals surface area contributed by atoms with Crippen LogP contribution in [0.3, 0.4) is 0 Å². The van der Waals surface area contributed by atoms with E-state index >= 15 is 0 Å². The third-order valence-corrected chi connectivity index (χ3v) is 11.0. The Morgan fingerprint density at radius 2 is 0.780 bits per heavy atom. The highest BCUT2D eigenvalue weighted by molar-refractivity contribution is 14.1. The normalized spacial score (nSPS) is 11.0. The van der Waals surface area contributed by atoms with Crippen molar-refractivity contribution in [3.8, 4) is 23.7 Å². The van der Waals surface area contributed by atoms with Crippen molar-refractivity contribution in [3.63, 3.8) is 0 Å². The number of benzene rings is 4. The molecule has 2 aromatic heterocycles. The fraction of sp³-hybridized carbons (Fsp3) is 0.391. The van der Waals surface area contributed by atoms with Crippen molar-refractivity contribution in [2.45, 2.75) is 118 Å². The Balaban J connectivity index is 0.000000197. The first kappa shape index (κ1) is 38.3. The van der Waals surface area contributed by atoms with Gasteiger partial charge in [0.1, 0.15) is 0 Å². The van der Waals surface area contributed by atoms with E-state index < -0.39 is 0 Å². The molecular formula is C46H52I2N2. The van der Waals surface area contributed by atoms with Crippen molar-refractivity contribution in [1.82, 2.24) is 9.13 Å². The molecule has 260 valence electrons. The largest absolute Gasteiger partial charge is 0.340 e. The molecule has 0 saturated heterocycles. The Bertz CT molecular complexity index is 2020. The first-order chi connectivity index (χ1) is 24.5. The topological polar surface area (TPSA) is 9.86 Å². The number of unbranched alkanes of at least 4 members (excludes halogenated alkanes) is 10. The Morgan fingerprint density at radius 3 is 1.16 bits per heavy atom. The van der Waals surface area contributed by atoms with Gasteiger partial charge in [-0.05, 0) is 145 Å². The van der Waals surface area contributed by atoms with Gasteiger partial charge in [0.2, 0.25) is 0 Å². The zero-order chi connectivity index (χ0) is 35.3. The molecule has 0 aliphatic rings.